The van der Waals surface area contributed by atoms with Crippen molar-refractivity contribution in [3.8, 4) is 0 Å². The molecule has 1 aliphatic rings. The zero-order valence-electron chi connectivity index (χ0n) is 16.9. The molecule has 3 heteroatoms. The van der Waals surface area contributed by atoms with E-state index in [1.165, 1.54) is 10.4 Å². The first-order valence-electron chi connectivity index (χ1n) is 9.99. The van der Waals surface area contributed by atoms with Gasteiger partial charge in [0.25, 0.3) is 8.32 Å². The number of benzene rings is 2. The topological polar surface area (TPSA) is 18.5 Å². The lowest BCUT2D eigenvalue weighted by atomic mass is 10.1. The van der Waals surface area contributed by atoms with Gasteiger partial charge in [0.2, 0.25) is 0 Å². The van der Waals surface area contributed by atoms with Crippen LogP contribution in [0.5, 0.6) is 0 Å². The summed E-state index contributed by atoms with van der Waals surface area (Å²) < 4.78 is 13.2. The van der Waals surface area contributed by atoms with Gasteiger partial charge in [-0.1, -0.05) is 87.5 Å². The van der Waals surface area contributed by atoms with Crippen LogP contribution in [-0.4, -0.2) is 27.1 Å². The molecular weight excluding hydrogens is 348 g/mol. The van der Waals surface area contributed by atoms with Crippen molar-refractivity contribution < 1.29 is 9.16 Å². The molecule has 0 radical (unpaired) electrons. The average Bonchev–Trinajstić information content (AvgIpc) is 3.11. The van der Waals surface area contributed by atoms with Crippen LogP contribution < -0.4 is 10.4 Å². The standard InChI is InChI=1S/C24H32O2Si/c1-5-12-20-17-18-21(26-20)19-25-27(24(2,3)4,22-13-8-6-9-14-22)23-15-10-7-11-16-23/h5-11,13-16,20-21H,1,12,17-19H2,2-4H3/t20-,21+/m1/s1. The maximum absolute atomic E-state index is 6.96. The molecule has 0 N–H and O–H groups in total. The molecule has 0 aliphatic carbocycles. The third kappa shape index (κ3) is 4.26. The molecule has 0 spiro atoms. The summed E-state index contributed by atoms with van der Waals surface area (Å²) >= 11 is 0. The van der Waals surface area contributed by atoms with Gasteiger partial charge in [-0.15, -0.1) is 6.58 Å². The molecule has 2 aromatic rings. The van der Waals surface area contributed by atoms with Crippen LogP contribution in [0.2, 0.25) is 5.04 Å². The number of hydrogen-bond acceptors (Lipinski definition) is 2. The summed E-state index contributed by atoms with van der Waals surface area (Å²) in [4.78, 5) is 0. The number of rotatable bonds is 7. The highest BCUT2D eigenvalue weighted by atomic mass is 28.4. The lowest BCUT2D eigenvalue weighted by Crippen LogP contribution is -2.67. The summed E-state index contributed by atoms with van der Waals surface area (Å²) in [5.74, 6) is 0. The molecule has 3 rings (SSSR count). The smallest absolute Gasteiger partial charge is 0.261 e. The van der Waals surface area contributed by atoms with Gasteiger partial charge in [0, 0.05) is 0 Å². The fourth-order valence-electron chi connectivity index (χ4n) is 4.24. The zero-order valence-corrected chi connectivity index (χ0v) is 17.9. The number of ether oxygens (including phenoxy) is 1. The van der Waals surface area contributed by atoms with Crippen molar-refractivity contribution >= 4 is 18.7 Å². The minimum atomic E-state index is -2.46. The van der Waals surface area contributed by atoms with E-state index < -0.39 is 8.32 Å². The predicted octanol–water partition coefficient (Wildman–Crippen LogP) is 4.69. The van der Waals surface area contributed by atoms with Crippen LogP contribution in [0.25, 0.3) is 0 Å². The third-order valence-electron chi connectivity index (χ3n) is 5.53. The minimum absolute atomic E-state index is 0.00876. The molecule has 2 atom stereocenters. The molecule has 0 bridgehead atoms. The van der Waals surface area contributed by atoms with Gasteiger partial charge in [0.15, 0.2) is 0 Å². The lowest BCUT2D eigenvalue weighted by molar-refractivity contribution is 0.0174. The summed E-state index contributed by atoms with van der Waals surface area (Å²) in [6.07, 6.45) is 5.52. The van der Waals surface area contributed by atoms with Crippen molar-refractivity contribution in [2.45, 2.75) is 57.3 Å². The van der Waals surface area contributed by atoms with Crippen LogP contribution in [0, 0.1) is 0 Å². The Hall–Kier alpha value is -1.68. The highest BCUT2D eigenvalue weighted by Crippen LogP contribution is 2.37. The van der Waals surface area contributed by atoms with Crippen molar-refractivity contribution in [3.63, 3.8) is 0 Å². The maximum atomic E-state index is 6.96. The van der Waals surface area contributed by atoms with Gasteiger partial charge in [-0.05, 0) is 34.7 Å². The van der Waals surface area contributed by atoms with E-state index in [0.29, 0.717) is 12.7 Å². The Balaban J connectivity index is 1.94. The van der Waals surface area contributed by atoms with Gasteiger partial charge in [-0.3, -0.25) is 0 Å². The molecule has 144 valence electrons. The molecule has 2 aromatic carbocycles. The molecular formula is C24H32O2Si. The second-order valence-corrected chi connectivity index (χ2v) is 12.8. The van der Waals surface area contributed by atoms with E-state index in [1.54, 1.807) is 0 Å². The highest BCUT2D eigenvalue weighted by Gasteiger charge is 2.50. The highest BCUT2D eigenvalue weighted by molar-refractivity contribution is 6.99. The molecule has 0 amide bonds. The van der Waals surface area contributed by atoms with E-state index in [-0.39, 0.29) is 11.1 Å². The summed E-state index contributed by atoms with van der Waals surface area (Å²) in [5.41, 5.74) is 0. The first kappa shape index (κ1) is 20.1. The largest absolute Gasteiger partial charge is 0.405 e. The van der Waals surface area contributed by atoms with E-state index >= 15 is 0 Å². The Bertz CT molecular complexity index is 682. The Morgan fingerprint density at radius 2 is 1.48 bits per heavy atom. The van der Waals surface area contributed by atoms with Crippen molar-refractivity contribution in [2.24, 2.45) is 0 Å². The number of hydrogen-bond donors (Lipinski definition) is 0. The molecule has 2 nitrogen and oxygen atoms in total. The Kier molecular flexibility index (Phi) is 6.35. The molecule has 1 heterocycles. The van der Waals surface area contributed by atoms with E-state index in [2.05, 4.69) is 88.0 Å². The quantitative estimate of drug-likeness (QED) is 0.513. The summed E-state index contributed by atoms with van der Waals surface area (Å²) in [5, 5.41) is 2.66. The molecule has 27 heavy (non-hydrogen) atoms. The van der Waals surface area contributed by atoms with Crippen LogP contribution in [0.1, 0.15) is 40.0 Å². The molecule has 0 aromatic heterocycles. The molecule has 1 aliphatic heterocycles. The van der Waals surface area contributed by atoms with E-state index in [9.17, 15) is 0 Å². The van der Waals surface area contributed by atoms with E-state index in [4.69, 9.17) is 9.16 Å². The first-order valence-corrected chi connectivity index (χ1v) is 11.9. The Morgan fingerprint density at radius 1 is 0.963 bits per heavy atom. The Labute approximate surface area is 165 Å². The van der Waals surface area contributed by atoms with Gasteiger partial charge < -0.3 is 9.16 Å². The summed E-state index contributed by atoms with van der Waals surface area (Å²) in [7, 11) is -2.46. The molecule has 1 saturated heterocycles. The van der Waals surface area contributed by atoms with Crippen LogP contribution in [-0.2, 0) is 9.16 Å². The monoisotopic (exact) mass is 380 g/mol. The van der Waals surface area contributed by atoms with Crippen LogP contribution in [0.3, 0.4) is 0 Å². The van der Waals surface area contributed by atoms with Crippen LogP contribution in [0.4, 0.5) is 0 Å². The van der Waals surface area contributed by atoms with Gasteiger partial charge in [-0.2, -0.15) is 0 Å². The molecule has 0 unspecified atom stereocenters. The first-order chi connectivity index (χ1) is 13.0. The third-order valence-corrected chi connectivity index (χ3v) is 10.5. The minimum Gasteiger partial charge on any atom is -0.405 e. The molecule has 1 fully saturated rings. The van der Waals surface area contributed by atoms with Crippen LogP contribution >= 0.6 is 0 Å². The average molecular weight is 381 g/mol. The van der Waals surface area contributed by atoms with Gasteiger partial charge >= 0.3 is 0 Å². The normalized spacial score (nSPS) is 20.6. The van der Waals surface area contributed by atoms with E-state index in [1.807, 2.05) is 6.08 Å². The maximum Gasteiger partial charge on any atom is 0.261 e. The fourth-order valence-corrected chi connectivity index (χ4v) is 8.83. The van der Waals surface area contributed by atoms with Crippen molar-refractivity contribution in [3.05, 3.63) is 73.3 Å². The summed E-state index contributed by atoms with van der Waals surface area (Å²) in [6.45, 7) is 11.4. The predicted molar refractivity (Wildman–Crippen MR) is 116 cm³/mol. The van der Waals surface area contributed by atoms with E-state index in [0.717, 1.165) is 19.3 Å². The van der Waals surface area contributed by atoms with Crippen molar-refractivity contribution in [1.82, 2.24) is 0 Å². The van der Waals surface area contributed by atoms with Crippen molar-refractivity contribution in [1.29, 1.82) is 0 Å². The fraction of sp³-hybridized carbons (Fsp3) is 0.417. The molecule has 0 saturated carbocycles. The van der Waals surface area contributed by atoms with Crippen LogP contribution in [0.15, 0.2) is 73.3 Å². The summed E-state index contributed by atoms with van der Waals surface area (Å²) in [6, 6.07) is 21.6. The van der Waals surface area contributed by atoms with Gasteiger partial charge in [0.05, 0.1) is 18.8 Å². The van der Waals surface area contributed by atoms with Gasteiger partial charge in [-0.25, -0.2) is 0 Å². The SMILES string of the molecule is C=CC[C@@H]1CC[C@@H](CO[Si](c2ccccc2)(c2ccccc2)C(C)(C)C)O1. The lowest BCUT2D eigenvalue weighted by Gasteiger charge is -2.43. The zero-order chi connectivity index (χ0) is 19.3. The Morgan fingerprint density at radius 3 is 1.96 bits per heavy atom. The van der Waals surface area contributed by atoms with Crippen molar-refractivity contribution in [2.75, 3.05) is 6.61 Å². The second-order valence-electron chi connectivity index (χ2n) is 8.46. The second kappa shape index (κ2) is 8.55. The van der Waals surface area contributed by atoms with Gasteiger partial charge in [0.1, 0.15) is 0 Å².